The zero-order valence-corrected chi connectivity index (χ0v) is 12.4. The van der Waals surface area contributed by atoms with Crippen molar-refractivity contribution in [1.82, 2.24) is 5.32 Å². The molecular formula is C15H26N2O. The van der Waals surface area contributed by atoms with Crippen molar-refractivity contribution >= 4 is 0 Å². The minimum atomic E-state index is 0.0161. The third kappa shape index (κ3) is 2.85. The summed E-state index contributed by atoms with van der Waals surface area (Å²) in [5.41, 5.74) is 9.51. The van der Waals surface area contributed by atoms with Gasteiger partial charge in [0.2, 0.25) is 0 Å². The lowest BCUT2D eigenvalue weighted by Crippen LogP contribution is -2.37. The van der Waals surface area contributed by atoms with Gasteiger partial charge in [0.1, 0.15) is 5.75 Å². The number of methoxy groups -OCH3 is 1. The summed E-state index contributed by atoms with van der Waals surface area (Å²) >= 11 is 0. The van der Waals surface area contributed by atoms with Crippen LogP contribution in [0, 0.1) is 19.3 Å². The second-order valence-corrected chi connectivity index (χ2v) is 5.60. The van der Waals surface area contributed by atoms with Crippen molar-refractivity contribution in [2.45, 2.75) is 33.7 Å². The van der Waals surface area contributed by atoms with Gasteiger partial charge in [-0.25, -0.2) is 0 Å². The van der Waals surface area contributed by atoms with E-state index in [0.29, 0.717) is 6.54 Å². The van der Waals surface area contributed by atoms with Gasteiger partial charge in [0.15, 0.2) is 0 Å². The molecule has 0 radical (unpaired) electrons. The van der Waals surface area contributed by atoms with Crippen LogP contribution in [-0.2, 0) is 0 Å². The van der Waals surface area contributed by atoms with Crippen LogP contribution in [0.1, 0.15) is 36.6 Å². The van der Waals surface area contributed by atoms with Crippen LogP contribution in [0.15, 0.2) is 12.1 Å². The molecule has 0 spiro atoms. The summed E-state index contributed by atoms with van der Waals surface area (Å²) < 4.78 is 5.41. The van der Waals surface area contributed by atoms with Crippen LogP contribution < -0.4 is 15.8 Å². The first kappa shape index (κ1) is 15.0. The van der Waals surface area contributed by atoms with Gasteiger partial charge in [-0.2, -0.15) is 0 Å². The fourth-order valence-corrected chi connectivity index (χ4v) is 2.60. The Morgan fingerprint density at radius 1 is 1.28 bits per heavy atom. The van der Waals surface area contributed by atoms with E-state index in [0.717, 1.165) is 5.75 Å². The lowest BCUT2D eigenvalue weighted by Gasteiger charge is -2.34. The van der Waals surface area contributed by atoms with E-state index in [2.05, 4.69) is 45.1 Å². The fourth-order valence-electron chi connectivity index (χ4n) is 2.60. The van der Waals surface area contributed by atoms with E-state index in [1.165, 1.54) is 16.7 Å². The number of rotatable bonds is 5. The molecule has 0 aliphatic heterocycles. The largest absolute Gasteiger partial charge is 0.496 e. The highest BCUT2D eigenvalue weighted by molar-refractivity contribution is 5.44. The molecule has 3 N–H and O–H groups in total. The molecule has 0 saturated heterocycles. The Balaban J connectivity index is 3.24. The predicted octanol–water partition coefficient (Wildman–Crippen LogP) is 2.56. The van der Waals surface area contributed by atoms with E-state index in [1.54, 1.807) is 7.11 Å². The number of aryl methyl sites for hydroxylation is 2. The normalized spacial score (nSPS) is 13.5. The maximum Gasteiger partial charge on any atom is 0.124 e. The highest BCUT2D eigenvalue weighted by Gasteiger charge is 2.28. The van der Waals surface area contributed by atoms with Gasteiger partial charge < -0.3 is 15.8 Å². The van der Waals surface area contributed by atoms with E-state index in [9.17, 15) is 0 Å². The van der Waals surface area contributed by atoms with Gasteiger partial charge in [0.25, 0.3) is 0 Å². The van der Waals surface area contributed by atoms with Crippen molar-refractivity contribution in [2.75, 3.05) is 20.7 Å². The number of hydrogen-bond donors (Lipinski definition) is 2. The quantitative estimate of drug-likeness (QED) is 0.844. The van der Waals surface area contributed by atoms with Gasteiger partial charge in [-0.15, -0.1) is 0 Å². The van der Waals surface area contributed by atoms with Crippen molar-refractivity contribution in [1.29, 1.82) is 0 Å². The van der Waals surface area contributed by atoms with Gasteiger partial charge >= 0.3 is 0 Å². The molecule has 102 valence electrons. The molecule has 0 saturated carbocycles. The number of nitrogens with one attached hydrogen (secondary N) is 1. The lowest BCUT2D eigenvalue weighted by atomic mass is 9.80. The minimum Gasteiger partial charge on any atom is -0.496 e. The Bertz CT molecular complexity index is 390. The number of hydrogen-bond acceptors (Lipinski definition) is 3. The second-order valence-electron chi connectivity index (χ2n) is 5.60. The van der Waals surface area contributed by atoms with Crippen molar-refractivity contribution < 1.29 is 4.74 Å². The van der Waals surface area contributed by atoms with Crippen LogP contribution in [0.2, 0.25) is 0 Å². The van der Waals surface area contributed by atoms with Crippen molar-refractivity contribution in [3.63, 3.8) is 0 Å². The summed E-state index contributed by atoms with van der Waals surface area (Å²) in [6, 6.07) is 4.61. The predicted molar refractivity (Wildman–Crippen MR) is 77.1 cm³/mol. The third-order valence-electron chi connectivity index (χ3n) is 3.62. The topological polar surface area (TPSA) is 47.3 Å². The van der Waals surface area contributed by atoms with Gasteiger partial charge in [0.05, 0.1) is 7.11 Å². The van der Waals surface area contributed by atoms with Crippen molar-refractivity contribution in [3.8, 4) is 5.75 Å². The Morgan fingerprint density at radius 3 is 2.11 bits per heavy atom. The molecule has 1 atom stereocenters. The molecule has 0 aliphatic rings. The molecule has 1 aromatic rings. The average molecular weight is 250 g/mol. The minimum absolute atomic E-state index is 0.0161. The van der Waals surface area contributed by atoms with E-state index >= 15 is 0 Å². The molecule has 1 aromatic carbocycles. The van der Waals surface area contributed by atoms with E-state index in [-0.39, 0.29) is 11.5 Å². The summed E-state index contributed by atoms with van der Waals surface area (Å²) in [7, 11) is 3.70. The Hall–Kier alpha value is -1.06. The number of benzene rings is 1. The molecular weight excluding hydrogens is 224 g/mol. The second kappa shape index (κ2) is 5.72. The summed E-state index contributed by atoms with van der Waals surface area (Å²) in [6.07, 6.45) is 0. The van der Waals surface area contributed by atoms with E-state index in [4.69, 9.17) is 10.5 Å². The van der Waals surface area contributed by atoms with Gasteiger partial charge in [-0.05, 0) is 49.5 Å². The summed E-state index contributed by atoms with van der Waals surface area (Å²) in [4.78, 5) is 0. The molecule has 0 bridgehead atoms. The molecule has 0 heterocycles. The van der Waals surface area contributed by atoms with Gasteiger partial charge in [-0.3, -0.25) is 0 Å². The third-order valence-corrected chi connectivity index (χ3v) is 3.62. The Labute approximate surface area is 111 Å². The van der Waals surface area contributed by atoms with E-state index in [1.807, 2.05) is 7.05 Å². The summed E-state index contributed by atoms with van der Waals surface area (Å²) in [6.45, 7) is 9.17. The molecule has 0 fully saturated rings. The molecule has 1 rings (SSSR count). The van der Waals surface area contributed by atoms with E-state index < -0.39 is 0 Å². The van der Waals surface area contributed by atoms with Gasteiger partial charge in [-0.1, -0.05) is 26.0 Å². The summed E-state index contributed by atoms with van der Waals surface area (Å²) in [5, 5.41) is 3.38. The van der Waals surface area contributed by atoms with Crippen LogP contribution in [0.25, 0.3) is 0 Å². The molecule has 3 nitrogen and oxygen atoms in total. The monoisotopic (exact) mass is 250 g/mol. The standard InChI is InChI=1S/C15H26N2O/c1-10-7-12(8-11(2)13(10)18-6)14(17-5)15(3,4)9-16/h7-8,14,17H,9,16H2,1-6H3. The first-order valence-corrected chi connectivity index (χ1v) is 6.39. The smallest absolute Gasteiger partial charge is 0.124 e. The SMILES string of the molecule is CNC(c1cc(C)c(OC)c(C)c1)C(C)(C)CN. The molecule has 0 aliphatic carbocycles. The van der Waals surface area contributed by atoms with Crippen LogP contribution >= 0.6 is 0 Å². The molecule has 0 aromatic heterocycles. The highest BCUT2D eigenvalue weighted by Crippen LogP contribution is 2.35. The zero-order valence-electron chi connectivity index (χ0n) is 12.4. The van der Waals surface area contributed by atoms with Crippen LogP contribution in [0.5, 0.6) is 5.75 Å². The van der Waals surface area contributed by atoms with Crippen LogP contribution in [-0.4, -0.2) is 20.7 Å². The van der Waals surface area contributed by atoms with Crippen LogP contribution in [0.4, 0.5) is 0 Å². The average Bonchev–Trinajstić information content (AvgIpc) is 2.29. The van der Waals surface area contributed by atoms with Gasteiger partial charge in [0, 0.05) is 6.04 Å². The molecule has 3 heteroatoms. The van der Waals surface area contributed by atoms with Crippen LogP contribution in [0.3, 0.4) is 0 Å². The molecule has 18 heavy (non-hydrogen) atoms. The molecule has 1 unspecified atom stereocenters. The maximum absolute atomic E-state index is 5.89. The lowest BCUT2D eigenvalue weighted by molar-refractivity contribution is 0.265. The number of ether oxygens (including phenoxy) is 1. The molecule has 0 amide bonds. The Kier molecular flexibility index (Phi) is 4.77. The maximum atomic E-state index is 5.89. The first-order valence-electron chi connectivity index (χ1n) is 6.39. The number of nitrogens with two attached hydrogens (primary N) is 1. The zero-order chi connectivity index (χ0) is 13.9. The first-order chi connectivity index (χ1) is 8.37. The van der Waals surface area contributed by atoms with Crippen molar-refractivity contribution in [2.24, 2.45) is 11.1 Å². The fraction of sp³-hybridized carbons (Fsp3) is 0.600. The van der Waals surface area contributed by atoms with Crippen molar-refractivity contribution in [3.05, 3.63) is 28.8 Å². The highest BCUT2D eigenvalue weighted by atomic mass is 16.5. The summed E-state index contributed by atoms with van der Waals surface area (Å²) in [5.74, 6) is 0.971. The Morgan fingerprint density at radius 2 is 1.78 bits per heavy atom.